The second-order valence-electron chi connectivity index (χ2n) is 2.54. The topological polar surface area (TPSA) is 48.0 Å². The molecule has 0 spiro atoms. The van der Waals surface area contributed by atoms with Gasteiger partial charge in [-0.15, -0.1) is 0 Å². The van der Waals surface area contributed by atoms with Gasteiger partial charge in [-0.05, 0) is 6.07 Å². The molecule has 1 aliphatic heterocycles. The van der Waals surface area contributed by atoms with Gasteiger partial charge in [-0.3, -0.25) is 4.79 Å². The van der Waals surface area contributed by atoms with Crippen LogP contribution < -0.4 is 5.73 Å². The number of carbonyl (C=O) groups is 1. The Balaban J connectivity index is 0.000000720. The van der Waals surface area contributed by atoms with Crippen LogP contribution in [0.4, 0.5) is 0 Å². The molecule has 0 unspecified atom stereocenters. The zero-order chi connectivity index (χ0) is 7.84. The van der Waals surface area contributed by atoms with Crippen molar-refractivity contribution in [3.63, 3.8) is 0 Å². The molecule has 11 heavy (non-hydrogen) atoms. The van der Waals surface area contributed by atoms with E-state index in [1.165, 1.54) is 0 Å². The van der Waals surface area contributed by atoms with Gasteiger partial charge in [-0.2, -0.15) is 0 Å². The zero-order valence-electron chi connectivity index (χ0n) is 6.95. The summed E-state index contributed by atoms with van der Waals surface area (Å²) in [5.41, 5.74) is 6.78. The number of primary amides is 1. The Hall–Kier alpha value is -1.51. The number of rotatable bonds is 1. The molecular formula is C8H9N2O+. The first kappa shape index (κ1) is 6.22. The summed E-state index contributed by atoms with van der Waals surface area (Å²) in [5.74, 6) is -0.345. The number of hydrogen-bond acceptors (Lipinski definition) is 1. The monoisotopic (exact) mass is 149 g/mol. The smallest absolute Gasteiger partial charge is 0.366 e. The van der Waals surface area contributed by atoms with Crippen molar-refractivity contribution in [2.24, 2.45) is 5.73 Å². The maximum Gasteiger partial charge on any atom is 1.00 e. The fraction of sp³-hybridized carbons (Fsp3) is 0.125. The van der Waals surface area contributed by atoms with Crippen LogP contribution in [0.5, 0.6) is 0 Å². The van der Waals surface area contributed by atoms with E-state index in [0.29, 0.717) is 5.56 Å². The summed E-state index contributed by atoms with van der Waals surface area (Å²) in [6.07, 6.45) is 6.59. The second kappa shape index (κ2) is 1.99. The van der Waals surface area contributed by atoms with Crippen LogP contribution in [0.25, 0.3) is 6.20 Å². The molecule has 56 valence electrons. The maximum absolute atomic E-state index is 10.8. The number of nitrogens with zero attached hydrogens (tertiary/aromatic N) is 1. The quantitative estimate of drug-likeness (QED) is 0.628. The van der Waals surface area contributed by atoms with Crippen LogP contribution in [-0.2, 0) is 6.42 Å². The van der Waals surface area contributed by atoms with Gasteiger partial charge in [0.25, 0.3) is 5.91 Å². The molecular weight excluding hydrogens is 140 g/mol. The molecule has 0 fully saturated rings. The second-order valence-corrected chi connectivity index (χ2v) is 2.54. The highest BCUT2D eigenvalue weighted by molar-refractivity contribution is 5.94. The van der Waals surface area contributed by atoms with Crippen molar-refractivity contribution in [1.82, 2.24) is 4.57 Å². The first-order chi connectivity index (χ1) is 5.29. The third kappa shape index (κ3) is 0.774. The molecule has 1 amide bonds. The van der Waals surface area contributed by atoms with Gasteiger partial charge >= 0.3 is 1.43 Å². The van der Waals surface area contributed by atoms with Crippen LogP contribution in [0, 0.1) is 0 Å². The maximum atomic E-state index is 10.8. The Kier molecular flexibility index (Phi) is 1.12. The van der Waals surface area contributed by atoms with Crippen molar-refractivity contribution in [3.8, 4) is 0 Å². The molecule has 2 heterocycles. The standard InChI is InChI=1S/C8H8N2O/c9-8(11)6-3-5-10-4-1-2-7(6)10/h1,3-5H,2H2,(H2,9,11)/p+1. The molecule has 0 aromatic carbocycles. The molecule has 0 saturated carbocycles. The highest BCUT2D eigenvalue weighted by Gasteiger charge is 2.13. The molecule has 2 N–H and O–H groups in total. The fourth-order valence-electron chi connectivity index (χ4n) is 1.34. The summed E-state index contributed by atoms with van der Waals surface area (Å²) in [6.45, 7) is 0. The van der Waals surface area contributed by atoms with E-state index in [9.17, 15) is 4.79 Å². The molecule has 1 aromatic rings. The van der Waals surface area contributed by atoms with Crippen molar-refractivity contribution < 1.29 is 6.22 Å². The lowest BCUT2D eigenvalue weighted by molar-refractivity contribution is 0.0999. The van der Waals surface area contributed by atoms with E-state index < -0.39 is 0 Å². The number of allylic oxidation sites excluding steroid dienone is 1. The van der Waals surface area contributed by atoms with Crippen LogP contribution in [-0.4, -0.2) is 10.5 Å². The van der Waals surface area contributed by atoms with Crippen molar-refractivity contribution in [1.29, 1.82) is 0 Å². The predicted octanol–water partition coefficient (Wildman–Crippen LogP) is 0.726. The van der Waals surface area contributed by atoms with Gasteiger partial charge in [0.15, 0.2) is 0 Å². The molecule has 0 bridgehead atoms. The minimum atomic E-state index is -0.345. The molecule has 3 nitrogen and oxygen atoms in total. The molecule has 0 radical (unpaired) electrons. The van der Waals surface area contributed by atoms with Crippen LogP contribution in [0.1, 0.15) is 17.5 Å². The molecule has 1 aromatic heterocycles. The number of hydrogen-bond donors (Lipinski definition) is 1. The van der Waals surface area contributed by atoms with Crippen molar-refractivity contribution in [3.05, 3.63) is 29.6 Å². The number of aromatic nitrogens is 1. The highest BCUT2D eigenvalue weighted by atomic mass is 16.1. The van der Waals surface area contributed by atoms with E-state index >= 15 is 0 Å². The lowest BCUT2D eigenvalue weighted by Gasteiger charge is -1.95. The molecule has 1 aliphatic rings. The molecule has 2 rings (SSSR count). The van der Waals surface area contributed by atoms with E-state index in [1.807, 2.05) is 23.0 Å². The average Bonchev–Trinajstić information content (AvgIpc) is 2.41. The number of fused-ring (bicyclic) bond motifs is 1. The minimum absolute atomic E-state index is 0. The van der Waals surface area contributed by atoms with Gasteiger partial charge in [0.1, 0.15) is 0 Å². The highest BCUT2D eigenvalue weighted by Crippen LogP contribution is 2.17. The third-order valence-electron chi connectivity index (χ3n) is 1.87. The van der Waals surface area contributed by atoms with Crippen molar-refractivity contribution >= 4 is 12.1 Å². The van der Waals surface area contributed by atoms with E-state index in [1.54, 1.807) is 6.07 Å². The van der Waals surface area contributed by atoms with Crippen LogP contribution in [0.15, 0.2) is 18.3 Å². The third-order valence-corrected chi connectivity index (χ3v) is 1.87. The van der Waals surface area contributed by atoms with Crippen LogP contribution in [0.3, 0.4) is 0 Å². The Bertz CT molecular complexity index is 341. The molecule has 0 aliphatic carbocycles. The fourth-order valence-corrected chi connectivity index (χ4v) is 1.34. The summed E-state index contributed by atoms with van der Waals surface area (Å²) < 4.78 is 1.92. The number of carbonyl (C=O) groups excluding carboxylic acids is 1. The van der Waals surface area contributed by atoms with E-state index in [-0.39, 0.29) is 7.33 Å². The number of nitrogens with two attached hydrogens (primary N) is 1. The normalized spacial score (nSPS) is 13.5. The first-order valence-corrected chi connectivity index (χ1v) is 3.45. The predicted molar refractivity (Wildman–Crippen MR) is 43.1 cm³/mol. The Morgan fingerprint density at radius 1 is 1.73 bits per heavy atom. The minimum Gasteiger partial charge on any atom is -0.366 e. The lowest BCUT2D eigenvalue weighted by atomic mass is 10.2. The van der Waals surface area contributed by atoms with Crippen molar-refractivity contribution in [2.75, 3.05) is 0 Å². The van der Waals surface area contributed by atoms with Crippen LogP contribution >= 0.6 is 0 Å². The number of amides is 1. The van der Waals surface area contributed by atoms with Gasteiger partial charge < -0.3 is 10.3 Å². The summed E-state index contributed by atoms with van der Waals surface area (Å²) in [7, 11) is 0. The summed E-state index contributed by atoms with van der Waals surface area (Å²) in [5, 5.41) is 0. The summed E-state index contributed by atoms with van der Waals surface area (Å²) in [6, 6.07) is 1.75. The Morgan fingerprint density at radius 2 is 2.55 bits per heavy atom. The largest absolute Gasteiger partial charge is 1.00 e. The van der Waals surface area contributed by atoms with E-state index in [2.05, 4.69) is 0 Å². The molecule has 3 heteroatoms. The summed E-state index contributed by atoms with van der Waals surface area (Å²) in [4.78, 5) is 10.8. The zero-order valence-corrected chi connectivity index (χ0v) is 5.95. The van der Waals surface area contributed by atoms with Crippen LogP contribution in [0.2, 0.25) is 0 Å². The van der Waals surface area contributed by atoms with Gasteiger partial charge in [0, 0.05) is 24.5 Å². The van der Waals surface area contributed by atoms with Gasteiger partial charge in [0.05, 0.1) is 5.56 Å². The lowest BCUT2D eigenvalue weighted by Crippen LogP contribution is -2.12. The average molecular weight is 149 g/mol. The van der Waals surface area contributed by atoms with E-state index in [4.69, 9.17) is 5.73 Å². The van der Waals surface area contributed by atoms with Crippen molar-refractivity contribution in [2.45, 2.75) is 6.42 Å². The Labute approximate surface area is 65.6 Å². The van der Waals surface area contributed by atoms with Gasteiger partial charge in [-0.1, -0.05) is 6.08 Å². The van der Waals surface area contributed by atoms with Gasteiger partial charge in [-0.25, -0.2) is 0 Å². The SMILES string of the molecule is NC(=O)c1ccn2c1CC=C2.[H+]. The Morgan fingerprint density at radius 3 is 3.27 bits per heavy atom. The molecule has 0 atom stereocenters. The first-order valence-electron chi connectivity index (χ1n) is 3.45. The molecule has 0 saturated heterocycles. The summed E-state index contributed by atoms with van der Waals surface area (Å²) >= 11 is 0. The van der Waals surface area contributed by atoms with Gasteiger partial charge in [0.2, 0.25) is 0 Å². The van der Waals surface area contributed by atoms with E-state index in [0.717, 1.165) is 12.1 Å².